The van der Waals surface area contributed by atoms with Crippen LogP contribution in [-0.4, -0.2) is 28.6 Å². The SMILES string of the molecule is O=C(CF)c1ccc(C(=O)O)c(O)c1. The second-order valence-electron chi connectivity index (χ2n) is 2.59. The van der Waals surface area contributed by atoms with Crippen LogP contribution in [0.2, 0.25) is 0 Å². The van der Waals surface area contributed by atoms with Gasteiger partial charge in [0, 0.05) is 5.56 Å². The van der Waals surface area contributed by atoms with Crippen molar-refractivity contribution in [3.8, 4) is 5.75 Å². The summed E-state index contributed by atoms with van der Waals surface area (Å²) >= 11 is 0. The Morgan fingerprint density at radius 1 is 1.36 bits per heavy atom. The second kappa shape index (κ2) is 3.87. The number of aromatic carboxylic acids is 1. The number of ketones is 1. The van der Waals surface area contributed by atoms with E-state index in [1.807, 2.05) is 0 Å². The maximum Gasteiger partial charge on any atom is 0.339 e. The van der Waals surface area contributed by atoms with E-state index in [2.05, 4.69) is 0 Å². The van der Waals surface area contributed by atoms with Gasteiger partial charge in [0.15, 0.2) is 12.5 Å². The Morgan fingerprint density at radius 3 is 2.43 bits per heavy atom. The van der Waals surface area contributed by atoms with Crippen molar-refractivity contribution in [1.29, 1.82) is 0 Å². The number of carbonyl (C=O) groups excluding carboxylic acids is 1. The van der Waals surface area contributed by atoms with Crippen molar-refractivity contribution in [3.63, 3.8) is 0 Å². The molecule has 14 heavy (non-hydrogen) atoms. The van der Waals surface area contributed by atoms with Gasteiger partial charge in [0.05, 0.1) is 0 Å². The van der Waals surface area contributed by atoms with Crippen LogP contribution in [-0.2, 0) is 0 Å². The van der Waals surface area contributed by atoms with Gasteiger partial charge in [-0.2, -0.15) is 0 Å². The molecule has 0 amide bonds. The highest BCUT2D eigenvalue weighted by atomic mass is 19.1. The fourth-order valence-corrected chi connectivity index (χ4v) is 0.963. The van der Waals surface area contributed by atoms with E-state index in [0.717, 1.165) is 18.2 Å². The number of carboxylic acids is 1. The highest BCUT2D eigenvalue weighted by Crippen LogP contribution is 2.19. The van der Waals surface area contributed by atoms with Crippen molar-refractivity contribution in [2.45, 2.75) is 0 Å². The smallest absolute Gasteiger partial charge is 0.339 e. The van der Waals surface area contributed by atoms with E-state index in [9.17, 15) is 14.0 Å². The molecule has 1 rings (SSSR count). The molecular weight excluding hydrogens is 191 g/mol. The summed E-state index contributed by atoms with van der Waals surface area (Å²) in [5.41, 5.74) is -0.365. The van der Waals surface area contributed by atoms with Crippen LogP contribution in [0.15, 0.2) is 18.2 Å². The fourth-order valence-electron chi connectivity index (χ4n) is 0.963. The van der Waals surface area contributed by atoms with E-state index in [1.54, 1.807) is 0 Å². The zero-order chi connectivity index (χ0) is 10.7. The summed E-state index contributed by atoms with van der Waals surface area (Å²) in [4.78, 5) is 21.3. The number of hydrogen-bond acceptors (Lipinski definition) is 3. The monoisotopic (exact) mass is 198 g/mol. The molecule has 74 valence electrons. The Morgan fingerprint density at radius 2 is 2.00 bits per heavy atom. The molecule has 0 saturated carbocycles. The highest BCUT2D eigenvalue weighted by Gasteiger charge is 2.12. The first kappa shape index (κ1) is 10.2. The molecule has 0 aliphatic rings. The predicted molar refractivity (Wildman–Crippen MR) is 45.4 cm³/mol. The van der Waals surface area contributed by atoms with Crippen molar-refractivity contribution in [2.24, 2.45) is 0 Å². The third-order valence-corrected chi connectivity index (χ3v) is 1.67. The van der Waals surface area contributed by atoms with Gasteiger partial charge in [-0.15, -0.1) is 0 Å². The Labute approximate surface area is 78.6 Å². The summed E-state index contributed by atoms with van der Waals surface area (Å²) < 4.78 is 11.9. The van der Waals surface area contributed by atoms with E-state index in [1.165, 1.54) is 0 Å². The van der Waals surface area contributed by atoms with Gasteiger partial charge in [-0.25, -0.2) is 9.18 Å². The third kappa shape index (κ3) is 1.87. The number of halogens is 1. The lowest BCUT2D eigenvalue weighted by molar-refractivity contribution is 0.0693. The van der Waals surface area contributed by atoms with Gasteiger partial charge >= 0.3 is 5.97 Å². The van der Waals surface area contributed by atoms with Crippen molar-refractivity contribution >= 4 is 11.8 Å². The Hall–Kier alpha value is -1.91. The lowest BCUT2D eigenvalue weighted by atomic mass is 10.1. The second-order valence-corrected chi connectivity index (χ2v) is 2.59. The van der Waals surface area contributed by atoms with Crippen LogP contribution in [0.25, 0.3) is 0 Å². The number of carboxylic acid groups (broad SMARTS) is 1. The first-order valence-electron chi connectivity index (χ1n) is 3.71. The molecule has 5 heteroatoms. The van der Waals surface area contributed by atoms with Crippen LogP contribution in [0, 0.1) is 0 Å². The molecular formula is C9H7FO4. The summed E-state index contributed by atoms with van der Waals surface area (Å²) in [6.45, 7) is -1.17. The van der Waals surface area contributed by atoms with Gasteiger partial charge in [0.1, 0.15) is 11.3 Å². The molecule has 0 saturated heterocycles. The van der Waals surface area contributed by atoms with E-state index >= 15 is 0 Å². The highest BCUT2D eigenvalue weighted by molar-refractivity contribution is 5.99. The van der Waals surface area contributed by atoms with Crippen molar-refractivity contribution < 1.29 is 24.2 Å². The van der Waals surface area contributed by atoms with Crippen LogP contribution in [0.3, 0.4) is 0 Å². The normalized spacial score (nSPS) is 9.79. The zero-order valence-electron chi connectivity index (χ0n) is 7.03. The molecule has 0 aliphatic heterocycles. The van der Waals surface area contributed by atoms with E-state index < -0.39 is 24.2 Å². The molecule has 1 aromatic rings. The maximum absolute atomic E-state index is 11.9. The molecule has 0 spiro atoms. The van der Waals surface area contributed by atoms with Crippen LogP contribution < -0.4 is 0 Å². The van der Waals surface area contributed by atoms with Gasteiger partial charge < -0.3 is 10.2 Å². The zero-order valence-corrected chi connectivity index (χ0v) is 7.03. The first-order valence-corrected chi connectivity index (χ1v) is 3.71. The summed E-state index contributed by atoms with van der Waals surface area (Å²) in [7, 11) is 0. The summed E-state index contributed by atoms with van der Waals surface area (Å²) in [6.07, 6.45) is 0. The maximum atomic E-state index is 11.9. The lowest BCUT2D eigenvalue weighted by Crippen LogP contribution is -2.03. The summed E-state index contributed by atoms with van der Waals surface area (Å²) in [5, 5.41) is 17.7. The van der Waals surface area contributed by atoms with Crippen molar-refractivity contribution in [1.82, 2.24) is 0 Å². The number of carbonyl (C=O) groups is 2. The van der Waals surface area contributed by atoms with Gasteiger partial charge in [-0.05, 0) is 12.1 Å². The number of aromatic hydroxyl groups is 1. The fraction of sp³-hybridized carbons (Fsp3) is 0.111. The molecule has 0 radical (unpaired) electrons. The molecule has 0 heterocycles. The number of Topliss-reactive ketones (excluding diaryl/α,β-unsaturated/α-hetero) is 1. The molecule has 0 aliphatic carbocycles. The molecule has 0 bridgehead atoms. The van der Waals surface area contributed by atoms with E-state index in [4.69, 9.17) is 10.2 Å². The topological polar surface area (TPSA) is 74.6 Å². The van der Waals surface area contributed by atoms with Gasteiger partial charge in [-0.1, -0.05) is 6.07 Å². The van der Waals surface area contributed by atoms with E-state index in [-0.39, 0.29) is 11.1 Å². The molecule has 2 N–H and O–H groups in total. The van der Waals surface area contributed by atoms with Gasteiger partial charge in [0.2, 0.25) is 0 Å². The third-order valence-electron chi connectivity index (χ3n) is 1.67. The minimum atomic E-state index is -1.30. The number of benzene rings is 1. The molecule has 0 aromatic heterocycles. The molecule has 0 unspecified atom stereocenters. The predicted octanol–water partition coefficient (Wildman–Crippen LogP) is 1.24. The van der Waals surface area contributed by atoms with E-state index in [0.29, 0.717) is 0 Å². The molecule has 4 nitrogen and oxygen atoms in total. The van der Waals surface area contributed by atoms with Crippen LogP contribution in [0.1, 0.15) is 20.7 Å². The Kier molecular flexibility index (Phi) is 2.81. The summed E-state index contributed by atoms with van der Waals surface area (Å²) in [6, 6.07) is 3.15. The number of phenols is 1. The van der Waals surface area contributed by atoms with Gasteiger partial charge in [-0.3, -0.25) is 4.79 Å². The largest absolute Gasteiger partial charge is 0.507 e. The average molecular weight is 198 g/mol. The number of hydrogen-bond donors (Lipinski definition) is 2. The minimum Gasteiger partial charge on any atom is -0.507 e. The van der Waals surface area contributed by atoms with Crippen LogP contribution in [0.4, 0.5) is 4.39 Å². The average Bonchev–Trinajstić information content (AvgIpc) is 2.15. The van der Waals surface area contributed by atoms with Crippen molar-refractivity contribution in [2.75, 3.05) is 6.67 Å². The van der Waals surface area contributed by atoms with Crippen LogP contribution >= 0.6 is 0 Å². The van der Waals surface area contributed by atoms with Crippen LogP contribution in [0.5, 0.6) is 5.75 Å². The Balaban J connectivity index is 3.12. The van der Waals surface area contributed by atoms with Gasteiger partial charge in [0.25, 0.3) is 0 Å². The minimum absolute atomic E-state index is 0.0463. The number of alkyl halides is 1. The first-order chi connectivity index (χ1) is 6.56. The Bertz CT molecular complexity index is 386. The molecule has 0 atom stereocenters. The molecule has 1 aromatic carbocycles. The standard InChI is InChI=1S/C9H7FO4/c10-4-8(12)5-1-2-6(9(13)14)7(11)3-5/h1-3,11H,4H2,(H,13,14). The van der Waals surface area contributed by atoms with Crippen molar-refractivity contribution in [3.05, 3.63) is 29.3 Å². The lowest BCUT2D eigenvalue weighted by Gasteiger charge is -2.01. The summed E-state index contributed by atoms with van der Waals surface area (Å²) in [5.74, 6) is -2.64. The molecule has 0 fully saturated rings. The quantitative estimate of drug-likeness (QED) is 0.716. The number of rotatable bonds is 3.